The molecule has 0 fully saturated rings. The van der Waals surface area contributed by atoms with Crippen molar-refractivity contribution >= 4 is 0 Å². The zero-order valence-corrected chi connectivity index (χ0v) is 9.18. The lowest BCUT2D eigenvalue weighted by molar-refractivity contribution is 0.401. The molecule has 2 aromatic heterocycles. The maximum atomic E-state index is 5.56. The highest BCUT2D eigenvalue weighted by Gasteiger charge is 2.22. The summed E-state index contributed by atoms with van der Waals surface area (Å²) < 4.78 is 12.0. The molecule has 0 aliphatic heterocycles. The molecular weight excluding hydrogens is 208 g/mol. The van der Waals surface area contributed by atoms with Crippen LogP contribution in [0.1, 0.15) is 17.3 Å². The van der Waals surface area contributed by atoms with Gasteiger partial charge in [0.25, 0.3) is 0 Å². The molecule has 0 aromatic carbocycles. The lowest BCUT2D eigenvalue weighted by atomic mass is 10.1. The van der Waals surface area contributed by atoms with Gasteiger partial charge in [-0.15, -0.1) is 0 Å². The van der Waals surface area contributed by atoms with E-state index in [0.717, 1.165) is 11.3 Å². The fourth-order valence-electron chi connectivity index (χ4n) is 1.69. The number of nitrogens with two attached hydrogens (primary N) is 1. The summed E-state index contributed by atoms with van der Waals surface area (Å²) in [6.45, 7) is 0. The van der Waals surface area contributed by atoms with Crippen molar-refractivity contribution in [2.24, 2.45) is 12.9 Å². The van der Waals surface area contributed by atoms with E-state index in [0.29, 0.717) is 5.75 Å². The van der Waals surface area contributed by atoms with Crippen LogP contribution >= 0.6 is 0 Å². The minimum atomic E-state index is -0.207. The first-order chi connectivity index (χ1) is 7.77. The van der Waals surface area contributed by atoms with E-state index in [2.05, 4.69) is 10.5 Å². The molecule has 0 saturated carbocycles. The van der Waals surface area contributed by atoms with Gasteiger partial charge < -0.3 is 9.15 Å². The quantitative estimate of drug-likeness (QED) is 0.584. The standard InChI is InChI=1S/C10H14N4O2/c1-14-10(8(15-2)5-12-14)9(13-11)7-3-4-16-6-7/h3-6,9,13H,11H2,1-2H3. The van der Waals surface area contributed by atoms with Crippen molar-refractivity contribution in [2.75, 3.05) is 7.11 Å². The van der Waals surface area contributed by atoms with Crippen LogP contribution in [0.5, 0.6) is 5.75 Å². The monoisotopic (exact) mass is 222 g/mol. The Balaban J connectivity index is 2.44. The molecule has 2 heterocycles. The van der Waals surface area contributed by atoms with Crippen molar-refractivity contribution in [3.63, 3.8) is 0 Å². The Morgan fingerprint density at radius 1 is 1.62 bits per heavy atom. The van der Waals surface area contributed by atoms with Crippen LogP contribution in [0.25, 0.3) is 0 Å². The van der Waals surface area contributed by atoms with Crippen molar-refractivity contribution in [1.29, 1.82) is 0 Å². The number of aromatic nitrogens is 2. The molecule has 0 radical (unpaired) electrons. The second kappa shape index (κ2) is 4.38. The second-order valence-electron chi connectivity index (χ2n) is 3.38. The lowest BCUT2D eigenvalue weighted by Crippen LogP contribution is -2.30. The van der Waals surface area contributed by atoms with Crippen molar-refractivity contribution in [3.8, 4) is 5.75 Å². The summed E-state index contributed by atoms with van der Waals surface area (Å²) in [4.78, 5) is 0. The second-order valence-corrected chi connectivity index (χ2v) is 3.38. The topological polar surface area (TPSA) is 78.2 Å². The predicted octanol–water partition coefficient (Wildman–Crippen LogP) is 0.574. The minimum absolute atomic E-state index is 0.207. The molecule has 3 N–H and O–H groups in total. The Kier molecular flexibility index (Phi) is 2.93. The molecule has 16 heavy (non-hydrogen) atoms. The molecule has 0 bridgehead atoms. The fraction of sp³-hybridized carbons (Fsp3) is 0.300. The number of nitrogens with zero attached hydrogens (tertiary/aromatic N) is 2. The first kappa shape index (κ1) is 10.7. The van der Waals surface area contributed by atoms with Crippen LogP contribution in [0.3, 0.4) is 0 Å². The van der Waals surface area contributed by atoms with Crippen LogP contribution in [-0.4, -0.2) is 16.9 Å². The normalized spacial score (nSPS) is 12.7. The van der Waals surface area contributed by atoms with Gasteiger partial charge in [0.1, 0.15) is 5.69 Å². The van der Waals surface area contributed by atoms with Crippen molar-refractivity contribution in [2.45, 2.75) is 6.04 Å². The highest BCUT2D eigenvalue weighted by Crippen LogP contribution is 2.28. The Bertz CT molecular complexity index is 449. The molecule has 0 aliphatic carbocycles. The van der Waals surface area contributed by atoms with E-state index in [1.165, 1.54) is 0 Å². The van der Waals surface area contributed by atoms with Crippen LogP contribution < -0.4 is 16.0 Å². The first-order valence-corrected chi connectivity index (χ1v) is 4.82. The molecule has 0 aliphatic rings. The summed E-state index contributed by atoms with van der Waals surface area (Å²) in [5, 5.41) is 4.13. The molecule has 0 spiro atoms. The van der Waals surface area contributed by atoms with Gasteiger partial charge in [-0.2, -0.15) is 5.10 Å². The molecule has 6 heteroatoms. The van der Waals surface area contributed by atoms with Crippen LogP contribution in [0.4, 0.5) is 0 Å². The first-order valence-electron chi connectivity index (χ1n) is 4.82. The van der Waals surface area contributed by atoms with Crippen molar-refractivity contribution in [1.82, 2.24) is 15.2 Å². The van der Waals surface area contributed by atoms with Gasteiger partial charge in [0.2, 0.25) is 0 Å². The van der Waals surface area contributed by atoms with E-state index in [1.807, 2.05) is 13.1 Å². The van der Waals surface area contributed by atoms with Gasteiger partial charge in [0.15, 0.2) is 5.75 Å². The smallest absolute Gasteiger partial charge is 0.161 e. The molecule has 2 rings (SSSR count). The molecule has 0 saturated heterocycles. The van der Waals surface area contributed by atoms with Gasteiger partial charge >= 0.3 is 0 Å². The third-order valence-electron chi connectivity index (χ3n) is 2.49. The zero-order chi connectivity index (χ0) is 11.5. The molecule has 1 atom stereocenters. The third kappa shape index (κ3) is 1.68. The number of ether oxygens (including phenoxy) is 1. The Morgan fingerprint density at radius 3 is 3.00 bits per heavy atom. The van der Waals surface area contributed by atoms with Crippen LogP contribution in [-0.2, 0) is 7.05 Å². The van der Waals surface area contributed by atoms with Gasteiger partial charge in [0, 0.05) is 12.6 Å². The molecule has 2 aromatic rings. The van der Waals surface area contributed by atoms with Crippen LogP contribution in [0.2, 0.25) is 0 Å². The minimum Gasteiger partial charge on any atom is -0.493 e. The molecular formula is C10H14N4O2. The number of rotatable bonds is 4. The van der Waals surface area contributed by atoms with E-state index in [1.54, 1.807) is 30.5 Å². The maximum absolute atomic E-state index is 5.56. The SMILES string of the molecule is COc1cnn(C)c1C(NN)c1ccoc1. The molecule has 86 valence electrons. The van der Waals surface area contributed by atoms with Crippen LogP contribution in [0.15, 0.2) is 29.2 Å². The number of furan rings is 1. The van der Waals surface area contributed by atoms with Gasteiger partial charge in [0.05, 0.1) is 31.9 Å². The van der Waals surface area contributed by atoms with E-state index < -0.39 is 0 Å². The summed E-state index contributed by atoms with van der Waals surface area (Å²) in [5.41, 5.74) is 4.50. The van der Waals surface area contributed by atoms with E-state index >= 15 is 0 Å². The summed E-state index contributed by atoms with van der Waals surface area (Å²) in [6.07, 6.45) is 4.89. The van der Waals surface area contributed by atoms with Gasteiger partial charge in [-0.1, -0.05) is 0 Å². The summed E-state index contributed by atoms with van der Waals surface area (Å²) in [5.74, 6) is 6.25. The van der Waals surface area contributed by atoms with E-state index in [-0.39, 0.29) is 6.04 Å². The number of hydrogen-bond acceptors (Lipinski definition) is 5. The van der Waals surface area contributed by atoms with Crippen molar-refractivity contribution in [3.05, 3.63) is 36.0 Å². The van der Waals surface area contributed by atoms with Crippen molar-refractivity contribution < 1.29 is 9.15 Å². The predicted molar refractivity (Wildman–Crippen MR) is 57.6 cm³/mol. The van der Waals surface area contributed by atoms with Gasteiger partial charge in [-0.05, 0) is 6.07 Å². The fourth-order valence-corrected chi connectivity index (χ4v) is 1.69. The summed E-state index contributed by atoms with van der Waals surface area (Å²) >= 11 is 0. The highest BCUT2D eigenvalue weighted by atomic mass is 16.5. The average Bonchev–Trinajstić information content (AvgIpc) is 2.91. The highest BCUT2D eigenvalue weighted by molar-refractivity contribution is 5.34. The molecule has 6 nitrogen and oxygen atoms in total. The Morgan fingerprint density at radius 2 is 2.44 bits per heavy atom. The Hall–Kier alpha value is -1.79. The maximum Gasteiger partial charge on any atom is 0.161 e. The number of hydrazine groups is 1. The lowest BCUT2D eigenvalue weighted by Gasteiger charge is -2.15. The number of aryl methyl sites for hydroxylation is 1. The summed E-state index contributed by atoms with van der Waals surface area (Å²) in [7, 11) is 3.44. The number of methoxy groups -OCH3 is 1. The zero-order valence-electron chi connectivity index (χ0n) is 9.18. The third-order valence-corrected chi connectivity index (χ3v) is 2.49. The van der Waals surface area contributed by atoms with E-state index in [9.17, 15) is 0 Å². The molecule has 1 unspecified atom stereocenters. The van der Waals surface area contributed by atoms with Gasteiger partial charge in [-0.25, -0.2) is 5.43 Å². The average molecular weight is 222 g/mol. The number of hydrogen-bond donors (Lipinski definition) is 2. The van der Waals surface area contributed by atoms with Crippen LogP contribution in [0, 0.1) is 0 Å². The number of nitrogens with one attached hydrogen (secondary N) is 1. The molecule has 0 amide bonds. The summed E-state index contributed by atoms with van der Waals surface area (Å²) in [6, 6.07) is 1.64. The largest absolute Gasteiger partial charge is 0.493 e. The van der Waals surface area contributed by atoms with E-state index in [4.69, 9.17) is 15.0 Å². The Labute approximate surface area is 93.0 Å². The van der Waals surface area contributed by atoms with Gasteiger partial charge in [-0.3, -0.25) is 10.5 Å².